The van der Waals surface area contributed by atoms with Gasteiger partial charge in [-0.05, 0) is 29.8 Å². The highest BCUT2D eigenvalue weighted by molar-refractivity contribution is 5.95. The molecule has 2 heterocycles. The Morgan fingerprint density at radius 1 is 0.938 bits per heavy atom. The van der Waals surface area contributed by atoms with Crippen molar-refractivity contribution in [3.63, 3.8) is 0 Å². The van der Waals surface area contributed by atoms with Gasteiger partial charge in [-0.3, -0.25) is 14.1 Å². The first-order valence-corrected chi connectivity index (χ1v) is 10.2. The topological polar surface area (TPSA) is 65.3 Å². The lowest BCUT2D eigenvalue weighted by molar-refractivity contribution is -0.116. The minimum Gasteiger partial charge on any atom is -0.493 e. The Bertz CT molecular complexity index is 1230. The highest BCUT2D eigenvalue weighted by Crippen LogP contribution is 2.39. The quantitative estimate of drug-likeness (QED) is 0.429. The molecule has 0 atom stereocenters. The molecule has 0 saturated heterocycles. The van der Waals surface area contributed by atoms with Gasteiger partial charge in [0.1, 0.15) is 17.2 Å². The zero-order valence-electron chi connectivity index (χ0n) is 18.5. The number of carbonyl (C=O) groups is 1. The Kier molecular flexibility index (Phi) is 5.98. The van der Waals surface area contributed by atoms with E-state index in [9.17, 15) is 4.79 Å². The van der Waals surface area contributed by atoms with Crippen molar-refractivity contribution in [2.24, 2.45) is 0 Å². The number of carbonyl (C=O) groups excluding carboxylic acids is 1. The number of methoxy groups -OCH3 is 3. The van der Waals surface area contributed by atoms with Crippen LogP contribution in [0.15, 0.2) is 66.9 Å². The molecule has 7 heteroatoms. The molecule has 0 aliphatic heterocycles. The van der Waals surface area contributed by atoms with E-state index in [4.69, 9.17) is 19.2 Å². The van der Waals surface area contributed by atoms with Crippen LogP contribution in [0.2, 0.25) is 0 Å². The predicted molar refractivity (Wildman–Crippen MR) is 124 cm³/mol. The molecule has 0 saturated carbocycles. The molecule has 0 unspecified atom stereocenters. The molecule has 0 spiro atoms. The fourth-order valence-electron chi connectivity index (χ4n) is 3.78. The zero-order chi connectivity index (χ0) is 22.7. The minimum absolute atomic E-state index is 0.110. The summed E-state index contributed by atoms with van der Waals surface area (Å²) in [4.78, 5) is 19.4. The van der Waals surface area contributed by atoms with Gasteiger partial charge < -0.3 is 14.2 Å². The van der Waals surface area contributed by atoms with Crippen LogP contribution in [0, 0.1) is 0 Å². The second kappa shape index (κ2) is 9.01. The number of anilines is 1. The smallest absolute Gasteiger partial charge is 0.225 e. The van der Waals surface area contributed by atoms with E-state index in [1.807, 2.05) is 71.3 Å². The van der Waals surface area contributed by atoms with Gasteiger partial charge in [0, 0.05) is 18.7 Å². The number of pyridine rings is 1. The number of aromatic nitrogens is 2. The third kappa shape index (κ3) is 3.85. The van der Waals surface area contributed by atoms with Crippen molar-refractivity contribution in [3.05, 3.63) is 72.4 Å². The van der Waals surface area contributed by atoms with E-state index in [2.05, 4.69) is 0 Å². The molecule has 32 heavy (non-hydrogen) atoms. The summed E-state index contributed by atoms with van der Waals surface area (Å²) in [6.07, 6.45) is 1.91. The molecule has 0 bridgehead atoms. The van der Waals surface area contributed by atoms with E-state index in [-0.39, 0.29) is 5.91 Å². The summed E-state index contributed by atoms with van der Waals surface area (Å²) in [7, 11) is 4.70. The lowest BCUT2D eigenvalue weighted by atomic mass is 10.1. The van der Waals surface area contributed by atoms with Crippen molar-refractivity contribution in [3.8, 4) is 28.5 Å². The van der Waals surface area contributed by atoms with Gasteiger partial charge in [0.05, 0.1) is 27.9 Å². The summed E-state index contributed by atoms with van der Waals surface area (Å²) in [5.41, 5.74) is 3.26. The van der Waals surface area contributed by atoms with Crippen LogP contribution in [0.4, 0.5) is 5.82 Å². The molecule has 2 aromatic heterocycles. The van der Waals surface area contributed by atoms with Gasteiger partial charge >= 0.3 is 0 Å². The monoisotopic (exact) mass is 431 g/mol. The van der Waals surface area contributed by atoms with Crippen molar-refractivity contribution >= 4 is 17.4 Å². The van der Waals surface area contributed by atoms with Crippen molar-refractivity contribution < 1.29 is 19.0 Å². The van der Waals surface area contributed by atoms with Gasteiger partial charge in [0.2, 0.25) is 11.7 Å². The van der Waals surface area contributed by atoms with Gasteiger partial charge in [0.15, 0.2) is 11.5 Å². The number of rotatable bonds is 7. The molecular formula is C25H25N3O4. The Labute approximate surface area is 186 Å². The Morgan fingerprint density at radius 3 is 2.19 bits per heavy atom. The number of amides is 1. The van der Waals surface area contributed by atoms with E-state index < -0.39 is 0 Å². The number of benzene rings is 2. The second-order valence-corrected chi connectivity index (χ2v) is 7.22. The van der Waals surface area contributed by atoms with Crippen molar-refractivity contribution in [1.82, 2.24) is 9.38 Å². The second-order valence-electron chi connectivity index (χ2n) is 7.22. The zero-order valence-corrected chi connectivity index (χ0v) is 18.5. The Balaban J connectivity index is 1.87. The number of hydrogen-bond acceptors (Lipinski definition) is 5. The molecule has 0 aliphatic rings. The normalized spacial score (nSPS) is 10.8. The number of ether oxygens (including phenoxy) is 3. The van der Waals surface area contributed by atoms with E-state index in [0.29, 0.717) is 29.6 Å². The standard InChI is InChI=1S/C25H25N3O4/c1-17(29)28(16-18-14-20(30-2)24(32-4)21(15-18)31-3)25-23(19-10-6-5-7-11-19)26-22-12-8-9-13-27(22)25/h5-15H,16H2,1-4H3. The highest BCUT2D eigenvalue weighted by atomic mass is 16.5. The van der Waals surface area contributed by atoms with Gasteiger partial charge in [-0.15, -0.1) is 0 Å². The number of nitrogens with zero attached hydrogens (tertiary/aromatic N) is 3. The third-order valence-electron chi connectivity index (χ3n) is 5.25. The first-order valence-electron chi connectivity index (χ1n) is 10.2. The molecule has 7 nitrogen and oxygen atoms in total. The van der Waals surface area contributed by atoms with Crippen LogP contribution >= 0.6 is 0 Å². The van der Waals surface area contributed by atoms with Crippen molar-refractivity contribution in [1.29, 1.82) is 0 Å². The molecule has 0 aliphatic carbocycles. The van der Waals surface area contributed by atoms with Crippen LogP contribution in [0.3, 0.4) is 0 Å². The maximum absolute atomic E-state index is 12.9. The van der Waals surface area contributed by atoms with Crippen LogP contribution in [-0.4, -0.2) is 36.6 Å². The van der Waals surface area contributed by atoms with Gasteiger partial charge in [-0.2, -0.15) is 0 Å². The average Bonchev–Trinajstić information content (AvgIpc) is 3.21. The minimum atomic E-state index is -0.110. The molecule has 0 N–H and O–H groups in total. The van der Waals surface area contributed by atoms with Gasteiger partial charge in [0.25, 0.3) is 0 Å². The number of fused-ring (bicyclic) bond motifs is 1. The summed E-state index contributed by atoms with van der Waals surface area (Å²) in [6.45, 7) is 1.85. The highest BCUT2D eigenvalue weighted by Gasteiger charge is 2.24. The Morgan fingerprint density at radius 2 is 1.59 bits per heavy atom. The van der Waals surface area contributed by atoms with E-state index >= 15 is 0 Å². The summed E-state index contributed by atoms with van der Waals surface area (Å²) < 4.78 is 18.3. The lowest BCUT2D eigenvalue weighted by Gasteiger charge is -2.23. The molecule has 4 aromatic rings. The Hall–Kier alpha value is -4.00. The van der Waals surface area contributed by atoms with E-state index in [1.165, 1.54) is 0 Å². The van der Waals surface area contributed by atoms with E-state index in [0.717, 1.165) is 22.5 Å². The first-order chi connectivity index (χ1) is 15.6. The maximum Gasteiger partial charge on any atom is 0.225 e. The first kappa shape index (κ1) is 21.2. The fourth-order valence-corrected chi connectivity index (χ4v) is 3.78. The summed E-state index contributed by atoms with van der Waals surface area (Å²) in [5, 5.41) is 0. The van der Waals surface area contributed by atoms with Crippen LogP contribution in [0.1, 0.15) is 12.5 Å². The molecule has 1 amide bonds. The van der Waals surface area contributed by atoms with Crippen LogP contribution in [0.25, 0.3) is 16.9 Å². The maximum atomic E-state index is 12.9. The fraction of sp³-hybridized carbons (Fsp3) is 0.200. The van der Waals surface area contributed by atoms with Crippen molar-refractivity contribution in [2.45, 2.75) is 13.5 Å². The number of imidazole rings is 1. The molecule has 2 aromatic carbocycles. The SMILES string of the molecule is COc1cc(CN(C(C)=O)c2c(-c3ccccc3)nc3ccccn23)cc(OC)c1OC. The summed E-state index contributed by atoms with van der Waals surface area (Å²) in [5.74, 6) is 2.17. The largest absolute Gasteiger partial charge is 0.493 e. The van der Waals surface area contributed by atoms with Crippen LogP contribution in [-0.2, 0) is 11.3 Å². The molecule has 164 valence electrons. The van der Waals surface area contributed by atoms with Crippen LogP contribution < -0.4 is 19.1 Å². The summed E-state index contributed by atoms with van der Waals surface area (Å²) >= 11 is 0. The lowest BCUT2D eigenvalue weighted by Crippen LogP contribution is -2.29. The third-order valence-corrected chi connectivity index (χ3v) is 5.25. The molecular weight excluding hydrogens is 406 g/mol. The predicted octanol–water partition coefficient (Wildman–Crippen LogP) is 4.58. The van der Waals surface area contributed by atoms with Gasteiger partial charge in [-0.1, -0.05) is 36.4 Å². The average molecular weight is 431 g/mol. The van der Waals surface area contributed by atoms with Crippen LogP contribution in [0.5, 0.6) is 17.2 Å². The van der Waals surface area contributed by atoms with Gasteiger partial charge in [-0.25, -0.2) is 4.98 Å². The molecule has 4 rings (SSSR count). The summed E-state index contributed by atoms with van der Waals surface area (Å²) in [6, 6.07) is 19.3. The molecule has 0 radical (unpaired) electrons. The van der Waals surface area contributed by atoms with Crippen molar-refractivity contribution in [2.75, 3.05) is 26.2 Å². The number of hydrogen-bond donors (Lipinski definition) is 0. The molecule has 0 fully saturated rings. The van der Waals surface area contributed by atoms with E-state index in [1.54, 1.807) is 33.2 Å².